The monoisotopic (exact) mass is 527 g/mol. The van der Waals surface area contributed by atoms with Gasteiger partial charge in [0, 0.05) is 36.5 Å². The fourth-order valence-electron chi connectivity index (χ4n) is 4.51. The van der Waals surface area contributed by atoms with Crippen LogP contribution in [0.25, 0.3) is 10.8 Å². The van der Waals surface area contributed by atoms with Crippen LogP contribution in [0.1, 0.15) is 38.7 Å². The van der Waals surface area contributed by atoms with E-state index in [0.717, 1.165) is 17.4 Å². The predicted molar refractivity (Wildman–Crippen MR) is 142 cm³/mol. The molecule has 0 aromatic heterocycles. The van der Waals surface area contributed by atoms with Gasteiger partial charge in [-0.05, 0) is 48.9 Å². The fraction of sp³-hybridized carbons (Fsp3) is 0.333. The van der Waals surface area contributed by atoms with Gasteiger partial charge in [-0.2, -0.15) is 0 Å². The Balaban J connectivity index is 1.50. The molecule has 0 unspecified atom stereocenters. The van der Waals surface area contributed by atoms with Crippen LogP contribution in [0.4, 0.5) is 5.69 Å². The number of nitrogens with zero attached hydrogens (tertiary/aromatic N) is 2. The Bertz CT molecular complexity index is 1390. The predicted octanol–water partition coefficient (Wildman–Crippen LogP) is 4.73. The van der Waals surface area contributed by atoms with Crippen molar-refractivity contribution in [2.24, 2.45) is 0 Å². The topological polar surface area (TPSA) is 86.8 Å². The van der Waals surface area contributed by atoms with E-state index >= 15 is 0 Å². The molecule has 1 N–H and O–H groups in total. The molecule has 2 amide bonds. The molecule has 9 heteroatoms. The number of rotatable bonds is 10. The van der Waals surface area contributed by atoms with Gasteiger partial charge in [0.1, 0.15) is 6.04 Å². The van der Waals surface area contributed by atoms with Gasteiger partial charge in [-0.15, -0.1) is 0 Å². The minimum Gasteiger partial charge on any atom is -0.354 e. The quantitative estimate of drug-likeness (QED) is 0.413. The zero-order valence-electron chi connectivity index (χ0n) is 20.4. The molecule has 36 heavy (non-hydrogen) atoms. The van der Waals surface area contributed by atoms with Crippen LogP contribution >= 0.6 is 11.6 Å². The normalized spacial score (nSPS) is 14.6. The Hall–Kier alpha value is -3.10. The van der Waals surface area contributed by atoms with Crippen molar-refractivity contribution in [2.45, 2.75) is 50.6 Å². The average molecular weight is 528 g/mol. The van der Waals surface area contributed by atoms with Gasteiger partial charge < -0.3 is 10.2 Å². The van der Waals surface area contributed by atoms with Crippen molar-refractivity contribution >= 4 is 49.9 Å². The Morgan fingerprint density at radius 1 is 1.06 bits per heavy atom. The van der Waals surface area contributed by atoms with Crippen LogP contribution in [-0.2, 0) is 26.2 Å². The molecule has 1 atom stereocenters. The van der Waals surface area contributed by atoms with Crippen LogP contribution in [0.3, 0.4) is 0 Å². The summed E-state index contributed by atoms with van der Waals surface area (Å²) >= 11 is 6.33. The summed E-state index contributed by atoms with van der Waals surface area (Å²) in [5.41, 5.74) is 1.38. The third kappa shape index (κ3) is 5.06. The first-order valence-electron chi connectivity index (χ1n) is 12.1. The zero-order valence-corrected chi connectivity index (χ0v) is 22.0. The molecule has 0 aliphatic carbocycles. The van der Waals surface area contributed by atoms with E-state index in [-0.39, 0.29) is 31.3 Å². The van der Waals surface area contributed by atoms with E-state index in [4.69, 9.17) is 11.6 Å². The number of carbonyl (C=O) groups is 2. The van der Waals surface area contributed by atoms with Crippen molar-refractivity contribution in [2.75, 3.05) is 17.4 Å². The first kappa shape index (κ1) is 26.0. The summed E-state index contributed by atoms with van der Waals surface area (Å²) < 4.78 is 27.8. The molecule has 4 rings (SSSR count). The summed E-state index contributed by atoms with van der Waals surface area (Å²) in [5, 5.41) is 4.95. The molecule has 0 fully saturated rings. The van der Waals surface area contributed by atoms with E-state index in [1.165, 1.54) is 9.21 Å². The lowest BCUT2D eigenvalue weighted by Gasteiger charge is -2.29. The molecule has 0 bridgehead atoms. The summed E-state index contributed by atoms with van der Waals surface area (Å²) in [7, 11) is -3.68. The largest absolute Gasteiger partial charge is 0.354 e. The third-order valence-corrected chi connectivity index (χ3v) is 8.67. The van der Waals surface area contributed by atoms with Crippen molar-refractivity contribution in [3.8, 4) is 0 Å². The number of hydrogen-bond donors (Lipinski definition) is 1. The number of halogens is 1. The molecule has 0 saturated carbocycles. The highest BCUT2D eigenvalue weighted by Crippen LogP contribution is 2.42. The molecule has 0 saturated heterocycles. The van der Waals surface area contributed by atoms with E-state index in [0.29, 0.717) is 34.0 Å². The van der Waals surface area contributed by atoms with Gasteiger partial charge >= 0.3 is 0 Å². The lowest BCUT2D eigenvalue weighted by Crippen LogP contribution is -2.47. The maximum atomic E-state index is 13.4. The lowest BCUT2D eigenvalue weighted by molar-refractivity contribution is -0.140. The molecule has 0 radical (unpaired) electrons. The average Bonchev–Trinajstić information content (AvgIpc) is 3.09. The van der Waals surface area contributed by atoms with Gasteiger partial charge in [0.15, 0.2) is 0 Å². The molecule has 1 aliphatic heterocycles. The van der Waals surface area contributed by atoms with E-state index in [9.17, 15) is 18.0 Å². The van der Waals surface area contributed by atoms with E-state index < -0.39 is 16.1 Å². The molecule has 190 valence electrons. The van der Waals surface area contributed by atoms with Crippen molar-refractivity contribution < 1.29 is 18.0 Å². The number of nitrogens with one attached hydrogen (secondary N) is 1. The molecule has 0 spiro atoms. The van der Waals surface area contributed by atoms with Crippen LogP contribution in [-0.4, -0.2) is 44.3 Å². The summed E-state index contributed by atoms with van der Waals surface area (Å²) in [5.74, 6) is -0.470. The molecule has 1 heterocycles. The minimum atomic E-state index is -3.68. The standard InChI is InChI=1S/C27H30ClN3O4S/c1-3-16-29-27(33)19(2)30(18-21-9-4-5-12-22(21)28)25(32)15-8-17-31-23-13-6-10-20-11-7-14-24(26(20)23)36(31,34)35/h4-7,9-14,19H,3,8,15-18H2,1-2H3,(H,29,33)/t19-/m0/s1. The van der Waals surface area contributed by atoms with E-state index in [1.54, 1.807) is 31.2 Å². The summed E-state index contributed by atoms with van der Waals surface area (Å²) in [6, 6.07) is 17.3. The maximum absolute atomic E-state index is 13.4. The highest BCUT2D eigenvalue weighted by molar-refractivity contribution is 7.93. The van der Waals surface area contributed by atoms with Crippen LogP contribution < -0.4 is 9.62 Å². The number of sulfonamides is 1. The summed E-state index contributed by atoms with van der Waals surface area (Å²) in [6.07, 6.45) is 1.19. The SMILES string of the molecule is CCCNC(=O)[C@H](C)N(Cc1ccccc1Cl)C(=O)CCCN1c2cccc3cccc(c23)S1(=O)=O. The van der Waals surface area contributed by atoms with Crippen LogP contribution in [0.5, 0.6) is 0 Å². The van der Waals surface area contributed by atoms with Gasteiger partial charge in [0.25, 0.3) is 10.0 Å². The highest BCUT2D eigenvalue weighted by atomic mass is 35.5. The van der Waals surface area contributed by atoms with Crippen molar-refractivity contribution in [3.05, 3.63) is 71.2 Å². The molecule has 1 aliphatic rings. The first-order valence-corrected chi connectivity index (χ1v) is 13.9. The number of benzene rings is 3. The second-order valence-electron chi connectivity index (χ2n) is 8.89. The van der Waals surface area contributed by atoms with Crippen LogP contribution in [0.2, 0.25) is 5.02 Å². The maximum Gasteiger partial charge on any atom is 0.265 e. The Kier molecular flexibility index (Phi) is 7.85. The first-order chi connectivity index (χ1) is 17.3. The van der Waals surface area contributed by atoms with Crippen LogP contribution in [0.15, 0.2) is 65.6 Å². The van der Waals surface area contributed by atoms with Gasteiger partial charge in [0.05, 0.1) is 10.6 Å². The highest BCUT2D eigenvalue weighted by Gasteiger charge is 2.35. The van der Waals surface area contributed by atoms with Gasteiger partial charge in [-0.3, -0.25) is 13.9 Å². The van der Waals surface area contributed by atoms with E-state index in [1.807, 2.05) is 43.3 Å². The second kappa shape index (κ2) is 10.9. The fourth-order valence-corrected chi connectivity index (χ4v) is 6.45. The molecular formula is C27H30ClN3O4S. The number of hydrogen-bond acceptors (Lipinski definition) is 4. The zero-order chi connectivity index (χ0) is 25.9. The summed E-state index contributed by atoms with van der Waals surface area (Å²) in [4.78, 5) is 27.9. The Labute approximate surface area is 217 Å². The number of amides is 2. The number of carbonyl (C=O) groups excluding carboxylic acids is 2. The lowest BCUT2D eigenvalue weighted by atomic mass is 10.1. The molecule has 3 aromatic rings. The smallest absolute Gasteiger partial charge is 0.265 e. The summed E-state index contributed by atoms with van der Waals surface area (Å²) in [6.45, 7) is 4.53. The van der Waals surface area contributed by atoms with Gasteiger partial charge in [-0.1, -0.05) is 61.0 Å². The minimum absolute atomic E-state index is 0.0915. The van der Waals surface area contributed by atoms with Gasteiger partial charge in [-0.25, -0.2) is 8.42 Å². The third-order valence-electron chi connectivity index (χ3n) is 6.45. The van der Waals surface area contributed by atoms with Crippen molar-refractivity contribution in [1.82, 2.24) is 10.2 Å². The van der Waals surface area contributed by atoms with E-state index in [2.05, 4.69) is 5.32 Å². The molecule has 3 aromatic carbocycles. The Morgan fingerprint density at radius 3 is 2.50 bits per heavy atom. The van der Waals surface area contributed by atoms with Gasteiger partial charge in [0.2, 0.25) is 11.8 Å². The van der Waals surface area contributed by atoms with Crippen LogP contribution in [0, 0.1) is 0 Å². The Morgan fingerprint density at radius 2 is 1.78 bits per heavy atom. The molecule has 7 nitrogen and oxygen atoms in total. The van der Waals surface area contributed by atoms with Crippen molar-refractivity contribution in [1.29, 1.82) is 0 Å². The molecular weight excluding hydrogens is 498 g/mol. The van der Waals surface area contributed by atoms with Crippen molar-refractivity contribution in [3.63, 3.8) is 0 Å². The number of anilines is 1. The second-order valence-corrected chi connectivity index (χ2v) is 11.1.